The lowest BCUT2D eigenvalue weighted by Gasteiger charge is -2.30. The molecule has 0 aliphatic rings. The van der Waals surface area contributed by atoms with E-state index < -0.39 is 6.10 Å². The van der Waals surface area contributed by atoms with Crippen molar-refractivity contribution in [3.05, 3.63) is 29.8 Å². The number of aliphatic hydroxyl groups excluding tert-OH is 1. The molecular formula is C18H28O4. The first kappa shape index (κ1) is 18.7. The highest BCUT2D eigenvalue weighted by molar-refractivity contribution is 5.75. The topological polar surface area (TPSA) is 55.8 Å². The molecule has 0 bridgehead atoms. The first-order chi connectivity index (χ1) is 10.3. The molecule has 0 heterocycles. The summed E-state index contributed by atoms with van der Waals surface area (Å²) in [5.41, 5.74) is 1.06. The number of carbonyl (C=O) groups is 1. The van der Waals surface area contributed by atoms with Crippen LogP contribution in [0.15, 0.2) is 24.3 Å². The quantitative estimate of drug-likeness (QED) is 0.761. The third-order valence-electron chi connectivity index (χ3n) is 3.88. The molecule has 0 aliphatic heterocycles. The van der Waals surface area contributed by atoms with E-state index in [1.54, 1.807) is 7.11 Å². The largest absolute Gasteiger partial charge is 0.497 e. The van der Waals surface area contributed by atoms with Crippen LogP contribution < -0.4 is 4.74 Å². The van der Waals surface area contributed by atoms with Crippen LogP contribution in [0.3, 0.4) is 0 Å². The monoisotopic (exact) mass is 308 g/mol. The van der Waals surface area contributed by atoms with Crippen LogP contribution in [0.25, 0.3) is 0 Å². The molecule has 3 atom stereocenters. The number of ether oxygens (including phenoxy) is 2. The first-order valence-electron chi connectivity index (χ1n) is 7.77. The minimum Gasteiger partial charge on any atom is -0.497 e. The Hall–Kier alpha value is -1.39. The van der Waals surface area contributed by atoms with Gasteiger partial charge in [-0.25, -0.2) is 0 Å². The third-order valence-corrected chi connectivity index (χ3v) is 3.88. The van der Waals surface area contributed by atoms with E-state index in [0.717, 1.165) is 11.3 Å². The van der Waals surface area contributed by atoms with E-state index in [0.29, 0.717) is 6.61 Å². The SMILES string of the molecule is COc1ccc(CO[C@H](C(C)C)[C@@H](C)[C@H](O)CC(C)=O)cc1. The van der Waals surface area contributed by atoms with Gasteiger partial charge in [-0.3, -0.25) is 4.79 Å². The van der Waals surface area contributed by atoms with Gasteiger partial charge in [0, 0.05) is 12.3 Å². The van der Waals surface area contributed by atoms with Gasteiger partial charge in [0.2, 0.25) is 0 Å². The average molecular weight is 308 g/mol. The lowest BCUT2D eigenvalue weighted by Crippen LogP contribution is -2.36. The van der Waals surface area contributed by atoms with Crippen LogP contribution in [0.1, 0.15) is 39.7 Å². The van der Waals surface area contributed by atoms with Crippen LogP contribution >= 0.6 is 0 Å². The van der Waals surface area contributed by atoms with Crippen molar-refractivity contribution in [1.29, 1.82) is 0 Å². The second-order valence-corrected chi connectivity index (χ2v) is 6.20. The van der Waals surface area contributed by atoms with Crippen LogP contribution in [0.2, 0.25) is 0 Å². The van der Waals surface area contributed by atoms with Gasteiger partial charge in [-0.05, 0) is 30.5 Å². The summed E-state index contributed by atoms with van der Waals surface area (Å²) in [4.78, 5) is 11.2. The molecule has 0 saturated heterocycles. The number of ketones is 1. The van der Waals surface area contributed by atoms with Crippen molar-refractivity contribution in [2.75, 3.05) is 7.11 Å². The Morgan fingerprint density at radius 1 is 1.18 bits per heavy atom. The van der Waals surface area contributed by atoms with Crippen molar-refractivity contribution < 1.29 is 19.4 Å². The molecular weight excluding hydrogens is 280 g/mol. The molecule has 0 fully saturated rings. The van der Waals surface area contributed by atoms with Crippen LogP contribution in [-0.2, 0) is 16.1 Å². The Labute approximate surface area is 133 Å². The summed E-state index contributed by atoms with van der Waals surface area (Å²) in [5.74, 6) is 0.975. The van der Waals surface area contributed by atoms with Crippen LogP contribution in [-0.4, -0.2) is 30.2 Å². The number of hydrogen-bond donors (Lipinski definition) is 1. The predicted molar refractivity (Wildman–Crippen MR) is 86.9 cm³/mol. The van der Waals surface area contributed by atoms with Gasteiger partial charge in [-0.2, -0.15) is 0 Å². The van der Waals surface area contributed by atoms with E-state index in [-0.39, 0.29) is 30.1 Å². The molecule has 0 unspecified atom stereocenters. The van der Waals surface area contributed by atoms with E-state index in [1.165, 1.54) is 6.92 Å². The second-order valence-electron chi connectivity index (χ2n) is 6.20. The van der Waals surface area contributed by atoms with E-state index in [9.17, 15) is 9.90 Å². The number of methoxy groups -OCH3 is 1. The van der Waals surface area contributed by atoms with E-state index in [1.807, 2.05) is 31.2 Å². The Kier molecular flexibility index (Phi) is 7.56. The maximum absolute atomic E-state index is 11.2. The highest BCUT2D eigenvalue weighted by atomic mass is 16.5. The maximum Gasteiger partial charge on any atom is 0.132 e. The lowest BCUT2D eigenvalue weighted by molar-refractivity contribution is -0.121. The molecule has 22 heavy (non-hydrogen) atoms. The summed E-state index contributed by atoms with van der Waals surface area (Å²) in [6, 6.07) is 7.73. The number of rotatable bonds is 9. The molecule has 0 aromatic heterocycles. The van der Waals surface area contributed by atoms with Crippen LogP contribution in [0.5, 0.6) is 5.75 Å². The van der Waals surface area contributed by atoms with Gasteiger partial charge in [0.05, 0.1) is 25.9 Å². The minimum atomic E-state index is -0.666. The fourth-order valence-corrected chi connectivity index (χ4v) is 2.56. The Morgan fingerprint density at radius 3 is 2.23 bits per heavy atom. The van der Waals surface area contributed by atoms with Crippen LogP contribution in [0.4, 0.5) is 0 Å². The summed E-state index contributed by atoms with van der Waals surface area (Å²) in [6.07, 6.45) is -0.590. The minimum absolute atomic E-state index is 0.00277. The summed E-state index contributed by atoms with van der Waals surface area (Å²) in [7, 11) is 1.64. The molecule has 0 amide bonds. The average Bonchev–Trinajstić information content (AvgIpc) is 2.46. The fourth-order valence-electron chi connectivity index (χ4n) is 2.56. The third kappa shape index (κ3) is 5.78. The van der Waals surface area contributed by atoms with Gasteiger partial charge in [-0.1, -0.05) is 32.9 Å². The molecule has 1 rings (SSSR count). The predicted octanol–water partition coefficient (Wildman–Crippen LogP) is 3.21. The number of Topliss-reactive ketones (excluding diaryl/α,β-unsaturated/α-hetero) is 1. The molecule has 0 saturated carbocycles. The summed E-state index contributed by atoms with van der Waals surface area (Å²) >= 11 is 0. The lowest BCUT2D eigenvalue weighted by atomic mass is 9.88. The molecule has 4 heteroatoms. The van der Waals surface area contributed by atoms with Gasteiger partial charge >= 0.3 is 0 Å². The van der Waals surface area contributed by atoms with Crippen molar-refractivity contribution in [3.63, 3.8) is 0 Å². The van der Waals surface area contributed by atoms with Crippen molar-refractivity contribution in [2.45, 2.75) is 52.9 Å². The van der Waals surface area contributed by atoms with Crippen LogP contribution in [0, 0.1) is 11.8 Å². The van der Waals surface area contributed by atoms with Crippen molar-refractivity contribution >= 4 is 5.78 Å². The molecule has 0 radical (unpaired) electrons. The van der Waals surface area contributed by atoms with Gasteiger partial charge in [0.25, 0.3) is 0 Å². The number of carbonyl (C=O) groups excluding carboxylic acids is 1. The molecule has 1 aromatic carbocycles. The van der Waals surface area contributed by atoms with Gasteiger partial charge in [0.15, 0.2) is 0 Å². The Balaban J connectivity index is 2.64. The van der Waals surface area contributed by atoms with Gasteiger partial charge in [0.1, 0.15) is 11.5 Å². The van der Waals surface area contributed by atoms with Crippen molar-refractivity contribution in [3.8, 4) is 5.75 Å². The van der Waals surface area contributed by atoms with Gasteiger partial charge in [-0.15, -0.1) is 0 Å². The van der Waals surface area contributed by atoms with E-state index >= 15 is 0 Å². The first-order valence-corrected chi connectivity index (χ1v) is 7.77. The van der Waals surface area contributed by atoms with Crippen molar-refractivity contribution in [1.82, 2.24) is 0 Å². The summed E-state index contributed by atoms with van der Waals surface area (Å²) < 4.78 is 11.1. The zero-order valence-corrected chi connectivity index (χ0v) is 14.2. The summed E-state index contributed by atoms with van der Waals surface area (Å²) in [6.45, 7) is 8.04. The van der Waals surface area contributed by atoms with E-state index in [2.05, 4.69) is 13.8 Å². The maximum atomic E-state index is 11.2. The van der Waals surface area contributed by atoms with Crippen molar-refractivity contribution in [2.24, 2.45) is 11.8 Å². The second kappa shape index (κ2) is 8.91. The number of benzene rings is 1. The molecule has 1 N–H and O–H groups in total. The smallest absolute Gasteiger partial charge is 0.132 e. The highest BCUT2D eigenvalue weighted by Gasteiger charge is 2.28. The summed E-state index contributed by atoms with van der Waals surface area (Å²) in [5, 5.41) is 10.2. The number of hydrogen-bond acceptors (Lipinski definition) is 4. The molecule has 124 valence electrons. The molecule has 4 nitrogen and oxygen atoms in total. The fraction of sp³-hybridized carbons (Fsp3) is 0.611. The number of aliphatic hydroxyl groups is 1. The molecule has 1 aromatic rings. The standard InChI is InChI=1S/C18H28O4/c1-12(2)18(14(4)17(20)10-13(3)19)22-11-15-6-8-16(21-5)9-7-15/h6-9,12,14,17-18,20H,10-11H2,1-5H3/t14-,17+,18+/m0/s1. The Bertz CT molecular complexity index is 453. The molecule has 0 aliphatic carbocycles. The zero-order valence-electron chi connectivity index (χ0n) is 14.2. The van der Waals surface area contributed by atoms with E-state index in [4.69, 9.17) is 9.47 Å². The Morgan fingerprint density at radius 2 is 1.77 bits per heavy atom. The molecule has 0 spiro atoms. The zero-order chi connectivity index (χ0) is 16.7. The van der Waals surface area contributed by atoms with Gasteiger partial charge < -0.3 is 14.6 Å². The highest BCUT2D eigenvalue weighted by Crippen LogP contribution is 2.23. The normalized spacial score (nSPS) is 15.4.